The average Bonchev–Trinajstić information content (AvgIpc) is 2.61. The van der Waals surface area contributed by atoms with E-state index in [9.17, 15) is 13.2 Å². The smallest absolute Gasteiger partial charge is 0.232 e. The molecule has 5 nitrogen and oxygen atoms in total. The third kappa shape index (κ3) is 3.81. The van der Waals surface area contributed by atoms with Gasteiger partial charge in [-0.25, -0.2) is 13.4 Å². The van der Waals surface area contributed by atoms with Crippen LogP contribution in [0.2, 0.25) is 5.02 Å². The van der Waals surface area contributed by atoms with Crippen LogP contribution >= 0.6 is 38.2 Å². The van der Waals surface area contributed by atoms with E-state index in [1.54, 1.807) is 6.07 Å². The van der Waals surface area contributed by atoms with Gasteiger partial charge in [0.05, 0.1) is 10.8 Å². The van der Waals surface area contributed by atoms with Crippen molar-refractivity contribution in [3.05, 3.63) is 21.8 Å². The lowest BCUT2D eigenvalue weighted by Crippen LogP contribution is -2.26. The van der Waals surface area contributed by atoms with Gasteiger partial charge in [-0.1, -0.05) is 11.6 Å². The number of carbonyl (C=O) groups excluding carboxylic acids is 1. The van der Waals surface area contributed by atoms with Crippen molar-refractivity contribution in [1.29, 1.82) is 0 Å². The maximum absolute atomic E-state index is 11.9. The summed E-state index contributed by atoms with van der Waals surface area (Å²) in [4.78, 5) is 17.4. The van der Waals surface area contributed by atoms with Gasteiger partial charge < -0.3 is 0 Å². The zero-order valence-electron chi connectivity index (χ0n) is 9.51. The molecule has 0 spiro atoms. The largest absolute Gasteiger partial charge is 0.296 e. The van der Waals surface area contributed by atoms with E-state index in [-0.39, 0.29) is 30.5 Å². The fourth-order valence-electron chi connectivity index (χ4n) is 1.95. The summed E-state index contributed by atoms with van der Waals surface area (Å²) in [6, 6.07) is 1.62. The Morgan fingerprint density at radius 2 is 2.21 bits per heavy atom. The van der Waals surface area contributed by atoms with Crippen molar-refractivity contribution in [1.82, 2.24) is 4.98 Å². The zero-order valence-corrected chi connectivity index (χ0v) is 13.4. The molecule has 0 radical (unpaired) electrons. The van der Waals surface area contributed by atoms with E-state index in [0.29, 0.717) is 15.3 Å². The molecule has 104 valence electrons. The van der Waals surface area contributed by atoms with E-state index < -0.39 is 9.05 Å². The van der Waals surface area contributed by atoms with Gasteiger partial charge in [0.1, 0.15) is 5.82 Å². The highest BCUT2D eigenvalue weighted by Crippen LogP contribution is 2.29. The Bertz CT molecular complexity index is 623. The van der Waals surface area contributed by atoms with E-state index in [4.69, 9.17) is 22.3 Å². The molecule has 1 amide bonds. The molecule has 0 saturated carbocycles. The first-order valence-electron chi connectivity index (χ1n) is 5.30. The molecule has 2 rings (SSSR count). The van der Waals surface area contributed by atoms with Crippen molar-refractivity contribution in [2.75, 3.05) is 17.2 Å². The first-order valence-corrected chi connectivity index (χ1v) is 8.95. The Morgan fingerprint density at radius 1 is 1.53 bits per heavy atom. The molecular formula is C10H9BrCl2N2O3S. The molecule has 1 saturated heterocycles. The van der Waals surface area contributed by atoms with E-state index >= 15 is 0 Å². The maximum atomic E-state index is 11.9. The summed E-state index contributed by atoms with van der Waals surface area (Å²) in [6.45, 7) is 0.284. The van der Waals surface area contributed by atoms with Gasteiger partial charge in [-0.2, -0.15) is 0 Å². The molecule has 9 heteroatoms. The molecule has 1 aromatic rings. The molecule has 1 atom stereocenters. The van der Waals surface area contributed by atoms with Gasteiger partial charge in [-0.3, -0.25) is 9.69 Å². The molecular weight excluding hydrogens is 379 g/mol. The fourth-order valence-corrected chi connectivity index (χ4v) is 3.68. The summed E-state index contributed by atoms with van der Waals surface area (Å²) in [5.74, 6) is -0.264. The highest BCUT2D eigenvalue weighted by atomic mass is 79.9. The summed E-state index contributed by atoms with van der Waals surface area (Å²) < 4.78 is 22.7. The standard InChI is InChI=1S/C10H9BrCl2N2O3S/c11-7-2-9(14-3-8(7)12)15-4-6(1-10(15)16)5-19(13,17)18/h2-3,6H,1,4-5H2. The van der Waals surface area contributed by atoms with Crippen LogP contribution in [0.3, 0.4) is 0 Å². The number of amides is 1. The van der Waals surface area contributed by atoms with Crippen LogP contribution in [0, 0.1) is 5.92 Å². The van der Waals surface area contributed by atoms with E-state index in [1.807, 2.05) is 0 Å². The van der Waals surface area contributed by atoms with E-state index in [1.165, 1.54) is 11.1 Å². The summed E-state index contributed by atoms with van der Waals surface area (Å²) in [5, 5.41) is 0.440. The fraction of sp³-hybridized carbons (Fsp3) is 0.400. The van der Waals surface area contributed by atoms with Gasteiger partial charge in [-0.05, 0) is 22.0 Å². The second-order valence-corrected chi connectivity index (χ2v) is 8.32. The zero-order chi connectivity index (χ0) is 14.2. The van der Waals surface area contributed by atoms with Crippen molar-refractivity contribution in [2.24, 2.45) is 5.92 Å². The minimum Gasteiger partial charge on any atom is -0.296 e. The SMILES string of the molecule is O=C1CC(CS(=O)(=O)Cl)CN1c1cc(Br)c(Cl)cn1. The maximum Gasteiger partial charge on any atom is 0.232 e. The Kier molecular flexibility index (Phi) is 4.39. The number of halogens is 3. The summed E-state index contributed by atoms with van der Waals surface area (Å²) in [7, 11) is 1.59. The normalized spacial score (nSPS) is 20.1. The number of hydrogen-bond acceptors (Lipinski definition) is 4. The first kappa shape index (κ1) is 15.0. The van der Waals surface area contributed by atoms with Crippen molar-refractivity contribution in [2.45, 2.75) is 6.42 Å². The molecule has 0 bridgehead atoms. The van der Waals surface area contributed by atoms with Gasteiger partial charge in [0.25, 0.3) is 0 Å². The second kappa shape index (κ2) is 5.55. The van der Waals surface area contributed by atoms with Crippen LogP contribution in [0.1, 0.15) is 6.42 Å². The quantitative estimate of drug-likeness (QED) is 0.747. The van der Waals surface area contributed by atoms with Crippen LogP contribution in [0.15, 0.2) is 16.7 Å². The number of carbonyl (C=O) groups is 1. The van der Waals surface area contributed by atoms with E-state index in [0.717, 1.165) is 0 Å². The van der Waals surface area contributed by atoms with Crippen LogP contribution in [0.4, 0.5) is 5.82 Å². The van der Waals surface area contributed by atoms with Gasteiger partial charge >= 0.3 is 0 Å². The minimum absolute atomic E-state index is 0.147. The number of rotatable bonds is 3. The number of hydrogen-bond donors (Lipinski definition) is 0. The highest BCUT2D eigenvalue weighted by molar-refractivity contribution is 9.10. The predicted molar refractivity (Wildman–Crippen MR) is 77.0 cm³/mol. The Morgan fingerprint density at radius 3 is 2.79 bits per heavy atom. The molecule has 1 unspecified atom stereocenters. The van der Waals surface area contributed by atoms with Crippen molar-refractivity contribution in [3.8, 4) is 0 Å². The predicted octanol–water partition coefficient (Wildman–Crippen LogP) is 2.42. The third-order valence-electron chi connectivity index (χ3n) is 2.71. The van der Waals surface area contributed by atoms with Crippen molar-refractivity contribution < 1.29 is 13.2 Å². The molecule has 0 aliphatic carbocycles. The van der Waals surface area contributed by atoms with Crippen LogP contribution in [-0.4, -0.2) is 31.6 Å². The highest BCUT2D eigenvalue weighted by Gasteiger charge is 2.33. The lowest BCUT2D eigenvalue weighted by molar-refractivity contribution is -0.117. The van der Waals surface area contributed by atoms with Crippen molar-refractivity contribution >= 4 is 59.0 Å². The lowest BCUT2D eigenvalue weighted by atomic mass is 10.1. The summed E-state index contributed by atoms with van der Waals surface area (Å²) >= 11 is 9.08. The first-order chi connectivity index (χ1) is 8.76. The summed E-state index contributed by atoms with van der Waals surface area (Å²) in [5.41, 5.74) is 0. The number of anilines is 1. The van der Waals surface area contributed by atoms with E-state index in [2.05, 4.69) is 20.9 Å². The molecule has 19 heavy (non-hydrogen) atoms. The van der Waals surface area contributed by atoms with Crippen LogP contribution in [-0.2, 0) is 13.8 Å². The molecule has 1 aliphatic heterocycles. The monoisotopic (exact) mass is 386 g/mol. The molecule has 0 aromatic carbocycles. The number of nitrogens with zero attached hydrogens (tertiary/aromatic N) is 2. The number of aromatic nitrogens is 1. The third-order valence-corrected chi connectivity index (χ3v) is 5.14. The minimum atomic E-state index is -3.61. The Balaban J connectivity index is 2.18. The molecule has 1 fully saturated rings. The van der Waals surface area contributed by atoms with Crippen LogP contribution < -0.4 is 4.90 Å². The van der Waals surface area contributed by atoms with Crippen molar-refractivity contribution in [3.63, 3.8) is 0 Å². The van der Waals surface area contributed by atoms with Crippen LogP contribution in [0.5, 0.6) is 0 Å². The second-order valence-electron chi connectivity index (χ2n) is 4.24. The van der Waals surface area contributed by atoms with Gasteiger partial charge in [0.2, 0.25) is 15.0 Å². The lowest BCUT2D eigenvalue weighted by Gasteiger charge is -2.15. The Hall–Kier alpha value is -0.370. The van der Waals surface area contributed by atoms with Gasteiger partial charge in [0, 0.05) is 40.2 Å². The topological polar surface area (TPSA) is 67.3 Å². The number of pyridine rings is 1. The molecule has 0 N–H and O–H groups in total. The van der Waals surface area contributed by atoms with Gasteiger partial charge in [-0.15, -0.1) is 0 Å². The average molecular weight is 388 g/mol. The molecule has 1 aromatic heterocycles. The van der Waals surface area contributed by atoms with Gasteiger partial charge in [0.15, 0.2) is 0 Å². The molecule has 1 aliphatic rings. The summed E-state index contributed by atoms with van der Waals surface area (Å²) in [6.07, 6.45) is 1.58. The molecule has 2 heterocycles. The Labute approximate surface area is 128 Å². The van der Waals surface area contributed by atoms with Crippen LogP contribution in [0.25, 0.3) is 0 Å².